The van der Waals surface area contributed by atoms with Crippen LogP contribution in [-0.2, 0) is 6.61 Å². The van der Waals surface area contributed by atoms with Crippen LogP contribution in [0.15, 0.2) is 48.5 Å². The third-order valence-corrected chi connectivity index (χ3v) is 3.46. The van der Waals surface area contributed by atoms with Gasteiger partial charge in [0.2, 0.25) is 11.6 Å². The lowest BCUT2D eigenvalue weighted by atomic mass is 10.0. The molecule has 2 aromatic carbocycles. The monoisotopic (exact) mass is 325 g/mol. The van der Waals surface area contributed by atoms with E-state index in [1.54, 1.807) is 7.11 Å². The summed E-state index contributed by atoms with van der Waals surface area (Å²) in [6, 6.07) is 15.6. The van der Waals surface area contributed by atoms with E-state index in [2.05, 4.69) is 15.4 Å². The first-order valence-corrected chi connectivity index (χ1v) is 7.18. The Labute approximate surface area is 137 Å². The Morgan fingerprint density at radius 2 is 1.96 bits per heavy atom. The highest BCUT2D eigenvalue weighted by Gasteiger charge is 2.16. The highest BCUT2D eigenvalue weighted by molar-refractivity contribution is 5.87. The van der Waals surface area contributed by atoms with Crippen molar-refractivity contribution in [2.24, 2.45) is 0 Å². The SMILES string of the molecule is COc1cccc(-c2ccc(COc3[nH]nnc3C(=O)O)cc2)c1. The smallest absolute Gasteiger partial charge is 0.362 e. The molecule has 3 aromatic rings. The van der Waals surface area contributed by atoms with Gasteiger partial charge in [-0.15, -0.1) is 5.10 Å². The summed E-state index contributed by atoms with van der Waals surface area (Å²) in [4.78, 5) is 10.9. The molecule has 0 saturated heterocycles. The molecule has 1 aromatic heterocycles. The zero-order valence-corrected chi connectivity index (χ0v) is 12.9. The predicted molar refractivity (Wildman–Crippen MR) is 86.1 cm³/mol. The molecule has 24 heavy (non-hydrogen) atoms. The fraction of sp³-hybridized carbons (Fsp3) is 0.118. The van der Waals surface area contributed by atoms with Crippen molar-refractivity contribution in [2.45, 2.75) is 6.61 Å². The van der Waals surface area contributed by atoms with Crippen molar-refractivity contribution in [3.8, 4) is 22.8 Å². The van der Waals surface area contributed by atoms with Crippen molar-refractivity contribution in [1.29, 1.82) is 0 Å². The molecule has 0 bridgehead atoms. The summed E-state index contributed by atoms with van der Waals surface area (Å²) in [6.07, 6.45) is 0. The first kappa shape index (κ1) is 15.5. The standard InChI is InChI=1S/C17H15N3O4/c1-23-14-4-2-3-13(9-14)12-7-5-11(6-8-12)10-24-16-15(17(21)22)18-20-19-16/h2-9H,10H2,1H3,(H,21,22)(H,18,19,20). The molecular weight excluding hydrogens is 310 g/mol. The molecule has 3 rings (SSSR count). The van der Waals surface area contributed by atoms with Crippen LogP contribution in [-0.4, -0.2) is 33.6 Å². The summed E-state index contributed by atoms with van der Waals surface area (Å²) < 4.78 is 10.7. The Morgan fingerprint density at radius 3 is 2.67 bits per heavy atom. The van der Waals surface area contributed by atoms with E-state index < -0.39 is 5.97 Å². The van der Waals surface area contributed by atoms with Gasteiger partial charge in [0.25, 0.3) is 0 Å². The van der Waals surface area contributed by atoms with Gasteiger partial charge in [0.05, 0.1) is 7.11 Å². The van der Waals surface area contributed by atoms with Crippen LogP contribution in [0.25, 0.3) is 11.1 Å². The van der Waals surface area contributed by atoms with E-state index in [9.17, 15) is 4.79 Å². The van der Waals surface area contributed by atoms with E-state index in [-0.39, 0.29) is 18.2 Å². The van der Waals surface area contributed by atoms with E-state index in [0.29, 0.717) is 0 Å². The van der Waals surface area contributed by atoms with Gasteiger partial charge in [-0.1, -0.05) is 41.6 Å². The van der Waals surface area contributed by atoms with Gasteiger partial charge >= 0.3 is 5.97 Å². The zero-order chi connectivity index (χ0) is 16.9. The maximum Gasteiger partial charge on any atom is 0.362 e. The van der Waals surface area contributed by atoms with Gasteiger partial charge in [-0.25, -0.2) is 9.89 Å². The lowest BCUT2D eigenvalue weighted by Gasteiger charge is -2.07. The van der Waals surface area contributed by atoms with Crippen molar-refractivity contribution in [2.75, 3.05) is 7.11 Å². The molecule has 0 fully saturated rings. The molecule has 0 aliphatic heterocycles. The number of nitrogens with one attached hydrogen (secondary N) is 1. The number of carbonyl (C=O) groups is 1. The van der Waals surface area contributed by atoms with Crippen LogP contribution in [0.4, 0.5) is 0 Å². The number of methoxy groups -OCH3 is 1. The summed E-state index contributed by atoms with van der Waals surface area (Å²) in [5.41, 5.74) is 2.76. The number of rotatable bonds is 6. The maximum atomic E-state index is 10.9. The molecule has 0 aliphatic carbocycles. The van der Waals surface area contributed by atoms with Gasteiger partial charge < -0.3 is 14.6 Å². The molecule has 0 atom stereocenters. The summed E-state index contributed by atoms with van der Waals surface area (Å²) in [5, 5.41) is 18.3. The van der Waals surface area contributed by atoms with E-state index in [1.165, 1.54) is 0 Å². The van der Waals surface area contributed by atoms with E-state index in [4.69, 9.17) is 14.6 Å². The topological polar surface area (TPSA) is 97.3 Å². The zero-order valence-electron chi connectivity index (χ0n) is 12.9. The first-order chi connectivity index (χ1) is 11.7. The van der Waals surface area contributed by atoms with Gasteiger partial charge in [-0.05, 0) is 28.8 Å². The van der Waals surface area contributed by atoms with Crippen molar-refractivity contribution < 1.29 is 19.4 Å². The van der Waals surface area contributed by atoms with Crippen molar-refractivity contribution in [3.63, 3.8) is 0 Å². The lowest BCUT2D eigenvalue weighted by molar-refractivity contribution is 0.0685. The fourth-order valence-electron chi connectivity index (χ4n) is 2.21. The number of aromatic carboxylic acids is 1. The van der Waals surface area contributed by atoms with Crippen LogP contribution < -0.4 is 9.47 Å². The minimum atomic E-state index is -1.19. The average molecular weight is 325 g/mol. The van der Waals surface area contributed by atoms with Crippen molar-refractivity contribution in [1.82, 2.24) is 15.4 Å². The summed E-state index contributed by atoms with van der Waals surface area (Å²) >= 11 is 0. The van der Waals surface area contributed by atoms with E-state index >= 15 is 0 Å². The Kier molecular flexibility index (Phi) is 4.42. The maximum absolute atomic E-state index is 10.9. The summed E-state index contributed by atoms with van der Waals surface area (Å²) in [5.74, 6) is -0.348. The second-order valence-corrected chi connectivity index (χ2v) is 5.01. The minimum absolute atomic E-state index is 0.0411. The fourth-order valence-corrected chi connectivity index (χ4v) is 2.21. The Bertz CT molecular complexity index is 843. The Morgan fingerprint density at radius 1 is 1.17 bits per heavy atom. The van der Waals surface area contributed by atoms with Gasteiger partial charge in [-0.2, -0.15) is 0 Å². The number of hydrogen-bond acceptors (Lipinski definition) is 5. The number of carboxylic acids is 1. The highest BCUT2D eigenvalue weighted by Crippen LogP contribution is 2.24. The number of H-pyrrole nitrogens is 1. The predicted octanol–water partition coefficient (Wildman–Crippen LogP) is 2.76. The number of aromatic amines is 1. The normalized spacial score (nSPS) is 10.4. The minimum Gasteiger partial charge on any atom is -0.497 e. The number of nitrogens with zero attached hydrogens (tertiary/aromatic N) is 2. The molecule has 1 heterocycles. The molecule has 0 spiro atoms. The van der Waals surface area contributed by atoms with E-state index in [0.717, 1.165) is 22.4 Å². The number of benzene rings is 2. The van der Waals surface area contributed by atoms with Gasteiger partial charge in [0.15, 0.2) is 0 Å². The molecule has 0 aliphatic rings. The summed E-state index contributed by atoms with van der Waals surface area (Å²) in [6.45, 7) is 0.211. The van der Waals surface area contributed by atoms with Crippen LogP contribution in [0.2, 0.25) is 0 Å². The number of aromatic nitrogens is 3. The van der Waals surface area contributed by atoms with Crippen LogP contribution in [0, 0.1) is 0 Å². The molecule has 2 N–H and O–H groups in total. The van der Waals surface area contributed by atoms with Gasteiger partial charge in [0.1, 0.15) is 12.4 Å². The lowest BCUT2D eigenvalue weighted by Crippen LogP contribution is -2.03. The van der Waals surface area contributed by atoms with Crippen LogP contribution in [0.5, 0.6) is 11.6 Å². The van der Waals surface area contributed by atoms with Gasteiger partial charge in [0, 0.05) is 0 Å². The second kappa shape index (κ2) is 6.82. The molecule has 0 saturated carbocycles. The number of carboxylic acid groups (broad SMARTS) is 1. The Balaban J connectivity index is 1.70. The molecule has 7 nitrogen and oxygen atoms in total. The third-order valence-electron chi connectivity index (χ3n) is 3.46. The average Bonchev–Trinajstić information content (AvgIpc) is 3.09. The third kappa shape index (κ3) is 3.35. The van der Waals surface area contributed by atoms with E-state index in [1.807, 2.05) is 48.5 Å². The molecule has 0 amide bonds. The molecular formula is C17H15N3O4. The highest BCUT2D eigenvalue weighted by atomic mass is 16.5. The van der Waals surface area contributed by atoms with Gasteiger partial charge in [-0.3, -0.25) is 0 Å². The molecule has 0 unspecified atom stereocenters. The Hall–Kier alpha value is -3.35. The summed E-state index contributed by atoms with van der Waals surface area (Å²) in [7, 11) is 1.63. The second-order valence-electron chi connectivity index (χ2n) is 5.01. The molecule has 0 radical (unpaired) electrons. The van der Waals surface area contributed by atoms with Crippen molar-refractivity contribution >= 4 is 5.97 Å². The van der Waals surface area contributed by atoms with Crippen molar-refractivity contribution in [3.05, 3.63) is 59.8 Å². The van der Waals surface area contributed by atoms with Crippen LogP contribution in [0.3, 0.4) is 0 Å². The van der Waals surface area contributed by atoms with Crippen LogP contribution >= 0.6 is 0 Å². The quantitative estimate of drug-likeness (QED) is 0.723. The van der Waals surface area contributed by atoms with Crippen LogP contribution in [0.1, 0.15) is 16.1 Å². The largest absolute Gasteiger partial charge is 0.497 e. The number of ether oxygens (including phenoxy) is 2. The number of hydrogen-bond donors (Lipinski definition) is 2. The first-order valence-electron chi connectivity index (χ1n) is 7.18. The molecule has 122 valence electrons. The molecule has 7 heteroatoms.